The molecule has 0 aliphatic carbocycles. The molecular weight excluding hydrogens is 146 g/mol. The number of piperidine rings is 1. The molecule has 0 N–H and O–H groups in total. The lowest BCUT2D eigenvalue weighted by Gasteiger charge is -2.42. The zero-order valence-electron chi connectivity index (χ0n) is 9.01. The third kappa shape index (κ3) is 2.01. The topological polar surface area (TPSA) is 3.24 Å². The van der Waals surface area contributed by atoms with Crippen LogP contribution in [-0.4, -0.2) is 24.0 Å². The maximum absolute atomic E-state index is 2.60. The van der Waals surface area contributed by atoms with Crippen molar-refractivity contribution in [2.24, 2.45) is 5.92 Å². The summed E-state index contributed by atoms with van der Waals surface area (Å²) in [4.78, 5) is 2.60. The van der Waals surface area contributed by atoms with E-state index in [0.717, 1.165) is 18.0 Å². The van der Waals surface area contributed by atoms with Gasteiger partial charge in [-0.25, -0.2) is 0 Å². The molecule has 1 rings (SSSR count). The minimum absolute atomic E-state index is 0.846. The van der Waals surface area contributed by atoms with Crippen molar-refractivity contribution in [2.45, 2.75) is 58.5 Å². The van der Waals surface area contributed by atoms with E-state index in [0.29, 0.717) is 0 Å². The zero-order valence-corrected chi connectivity index (χ0v) is 9.01. The SMILES string of the molecule is CC[C@@H]1CC(C)C[C@H](CC)N1C. The summed E-state index contributed by atoms with van der Waals surface area (Å²) in [6.07, 6.45) is 5.45. The quantitative estimate of drug-likeness (QED) is 0.614. The summed E-state index contributed by atoms with van der Waals surface area (Å²) in [6.45, 7) is 7.02. The van der Waals surface area contributed by atoms with Crippen LogP contribution in [0.25, 0.3) is 0 Å². The maximum Gasteiger partial charge on any atom is 0.00950 e. The molecule has 1 fully saturated rings. The summed E-state index contributed by atoms with van der Waals surface area (Å²) in [7, 11) is 2.30. The Morgan fingerprint density at radius 2 is 1.50 bits per heavy atom. The van der Waals surface area contributed by atoms with Gasteiger partial charge in [0.15, 0.2) is 0 Å². The van der Waals surface area contributed by atoms with Crippen LogP contribution in [0, 0.1) is 5.92 Å². The average Bonchev–Trinajstić information content (AvgIpc) is 2.08. The van der Waals surface area contributed by atoms with Crippen molar-refractivity contribution in [3.05, 3.63) is 0 Å². The molecule has 0 bridgehead atoms. The Bertz CT molecular complexity index is 119. The van der Waals surface area contributed by atoms with Gasteiger partial charge >= 0.3 is 0 Å². The predicted molar refractivity (Wildman–Crippen MR) is 54.3 cm³/mol. The molecule has 1 aliphatic heterocycles. The Hall–Kier alpha value is -0.0400. The van der Waals surface area contributed by atoms with Crippen LogP contribution in [0.2, 0.25) is 0 Å². The highest BCUT2D eigenvalue weighted by molar-refractivity contribution is 4.83. The molecule has 1 saturated heterocycles. The summed E-state index contributed by atoms with van der Waals surface area (Å²) < 4.78 is 0. The highest BCUT2D eigenvalue weighted by atomic mass is 15.2. The largest absolute Gasteiger partial charge is 0.300 e. The molecule has 1 unspecified atom stereocenters. The molecule has 1 heteroatoms. The first-order valence-electron chi connectivity index (χ1n) is 5.40. The van der Waals surface area contributed by atoms with Crippen molar-refractivity contribution in [3.63, 3.8) is 0 Å². The molecule has 1 heterocycles. The number of hydrogen-bond donors (Lipinski definition) is 0. The summed E-state index contributed by atoms with van der Waals surface area (Å²) in [5, 5.41) is 0. The Kier molecular flexibility index (Phi) is 3.57. The number of rotatable bonds is 2. The van der Waals surface area contributed by atoms with E-state index in [1.807, 2.05) is 0 Å². The lowest BCUT2D eigenvalue weighted by Crippen LogP contribution is -2.45. The third-order valence-corrected chi connectivity index (χ3v) is 3.44. The molecule has 72 valence electrons. The molecule has 1 aliphatic rings. The van der Waals surface area contributed by atoms with E-state index in [1.165, 1.54) is 25.7 Å². The van der Waals surface area contributed by atoms with E-state index in [9.17, 15) is 0 Å². The van der Waals surface area contributed by atoms with Crippen molar-refractivity contribution in [3.8, 4) is 0 Å². The first-order valence-corrected chi connectivity index (χ1v) is 5.40. The second kappa shape index (κ2) is 4.27. The summed E-state index contributed by atoms with van der Waals surface area (Å²) in [5.74, 6) is 0.941. The van der Waals surface area contributed by atoms with E-state index < -0.39 is 0 Å². The van der Waals surface area contributed by atoms with Crippen LogP contribution >= 0.6 is 0 Å². The monoisotopic (exact) mass is 169 g/mol. The number of hydrogen-bond acceptors (Lipinski definition) is 1. The van der Waals surface area contributed by atoms with Gasteiger partial charge in [-0.2, -0.15) is 0 Å². The van der Waals surface area contributed by atoms with Crippen LogP contribution in [0.15, 0.2) is 0 Å². The molecule has 3 atom stereocenters. The van der Waals surface area contributed by atoms with E-state index in [1.54, 1.807) is 0 Å². The second-order valence-corrected chi connectivity index (χ2v) is 4.37. The molecule has 0 amide bonds. The maximum atomic E-state index is 2.60. The molecule has 0 saturated carbocycles. The molecule has 1 nitrogen and oxygen atoms in total. The van der Waals surface area contributed by atoms with Gasteiger partial charge in [-0.05, 0) is 38.6 Å². The van der Waals surface area contributed by atoms with E-state index in [2.05, 4.69) is 32.7 Å². The standard InChI is InChI=1S/C11H23N/c1-5-10-7-9(3)8-11(6-2)12(10)4/h9-11H,5-8H2,1-4H3/t9?,10-,11+. The first kappa shape index (κ1) is 10.0. The molecule has 12 heavy (non-hydrogen) atoms. The van der Waals surface area contributed by atoms with Gasteiger partial charge < -0.3 is 4.90 Å². The molecule has 0 aromatic heterocycles. The molecule has 0 radical (unpaired) electrons. The first-order chi connectivity index (χ1) is 5.69. The zero-order chi connectivity index (χ0) is 9.14. The molecule has 0 aromatic rings. The number of likely N-dealkylation sites (tertiary alicyclic amines) is 1. The number of nitrogens with zero attached hydrogens (tertiary/aromatic N) is 1. The lowest BCUT2D eigenvalue weighted by atomic mass is 9.86. The van der Waals surface area contributed by atoms with Gasteiger partial charge in [-0.3, -0.25) is 0 Å². The highest BCUT2D eigenvalue weighted by Crippen LogP contribution is 2.29. The van der Waals surface area contributed by atoms with Gasteiger partial charge in [-0.1, -0.05) is 20.8 Å². The van der Waals surface area contributed by atoms with Gasteiger partial charge in [0, 0.05) is 12.1 Å². The minimum atomic E-state index is 0.846. The fraction of sp³-hybridized carbons (Fsp3) is 1.00. The van der Waals surface area contributed by atoms with Gasteiger partial charge in [0.05, 0.1) is 0 Å². The van der Waals surface area contributed by atoms with Crippen LogP contribution in [0.3, 0.4) is 0 Å². The Balaban J connectivity index is 2.55. The second-order valence-electron chi connectivity index (χ2n) is 4.37. The van der Waals surface area contributed by atoms with Crippen LogP contribution in [0.5, 0.6) is 0 Å². The van der Waals surface area contributed by atoms with Gasteiger partial charge in [0.2, 0.25) is 0 Å². The van der Waals surface area contributed by atoms with E-state index in [-0.39, 0.29) is 0 Å². The predicted octanol–water partition coefficient (Wildman–Crippen LogP) is 2.91. The smallest absolute Gasteiger partial charge is 0.00950 e. The Labute approximate surface area is 77.1 Å². The van der Waals surface area contributed by atoms with Crippen LogP contribution < -0.4 is 0 Å². The summed E-state index contributed by atoms with van der Waals surface area (Å²) >= 11 is 0. The van der Waals surface area contributed by atoms with Gasteiger partial charge in [0.25, 0.3) is 0 Å². The van der Waals surface area contributed by atoms with Crippen molar-refractivity contribution in [1.82, 2.24) is 4.90 Å². The third-order valence-electron chi connectivity index (χ3n) is 3.44. The average molecular weight is 169 g/mol. The molecule has 0 aromatic carbocycles. The minimum Gasteiger partial charge on any atom is -0.300 e. The van der Waals surface area contributed by atoms with Crippen LogP contribution in [0.4, 0.5) is 0 Å². The van der Waals surface area contributed by atoms with Gasteiger partial charge in [0.1, 0.15) is 0 Å². The fourth-order valence-corrected chi connectivity index (χ4v) is 2.57. The highest BCUT2D eigenvalue weighted by Gasteiger charge is 2.28. The summed E-state index contributed by atoms with van der Waals surface area (Å²) in [5.41, 5.74) is 0. The van der Waals surface area contributed by atoms with Crippen LogP contribution in [-0.2, 0) is 0 Å². The van der Waals surface area contributed by atoms with Crippen molar-refractivity contribution in [2.75, 3.05) is 7.05 Å². The van der Waals surface area contributed by atoms with Crippen molar-refractivity contribution >= 4 is 0 Å². The normalized spacial score (nSPS) is 38.5. The Morgan fingerprint density at radius 3 is 1.83 bits per heavy atom. The molecule has 0 spiro atoms. The van der Waals surface area contributed by atoms with E-state index >= 15 is 0 Å². The van der Waals surface area contributed by atoms with Gasteiger partial charge in [-0.15, -0.1) is 0 Å². The van der Waals surface area contributed by atoms with Crippen LogP contribution in [0.1, 0.15) is 46.5 Å². The lowest BCUT2D eigenvalue weighted by molar-refractivity contribution is 0.0786. The van der Waals surface area contributed by atoms with E-state index in [4.69, 9.17) is 0 Å². The summed E-state index contributed by atoms with van der Waals surface area (Å²) in [6, 6.07) is 1.69. The van der Waals surface area contributed by atoms with Crippen molar-refractivity contribution < 1.29 is 0 Å². The Morgan fingerprint density at radius 1 is 1.08 bits per heavy atom. The molecular formula is C11H23N. The fourth-order valence-electron chi connectivity index (χ4n) is 2.57. The van der Waals surface area contributed by atoms with Crippen molar-refractivity contribution in [1.29, 1.82) is 0 Å².